The van der Waals surface area contributed by atoms with Crippen LogP contribution in [0.4, 0.5) is 0 Å². The number of rotatable bonds is 3. The minimum absolute atomic E-state index is 0.216. The number of hydrogen-bond acceptors (Lipinski definition) is 4. The van der Waals surface area contributed by atoms with Crippen molar-refractivity contribution in [3.8, 4) is 0 Å². The molecule has 0 spiro atoms. The molecule has 1 heterocycles. The molecular weight excluding hydrogens is 212 g/mol. The van der Waals surface area contributed by atoms with E-state index in [4.69, 9.17) is 16.7 Å². The van der Waals surface area contributed by atoms with Gasteiger partial charge in [0.15, 0.2) is 4.47 Å². The Labute approximate surface area is 84.6 Å². The lowest BCUT2D eigenvalue weighted by molar-refractivity contribution is 0.0920. The lowest BCUT2D eigenvalue weighted by atomic mass is 10.4. The maximum Gasteiger partial charge on any atom is 0.270 e. The first-order valence-corrected chi connectivity index (χ1v) is 4.92. The highest BCUT2D eigenvalue weighted by atomic mass is 35.5. The zero-order chi connectivity index (χ0) is 9.84. The third-order valence-corrected chi connectivity index (χ3v) is 2.25. The molecule has 4 nitrogen and oxygen atoms in total. The summed E-state index contributed by atoms with van der Waals surface area (Å²) in [6.45, 7) is 1.81. The highest BCUT2D eigenvalue weighted by Crippen LogP contribution is 2.14. The Bertz CT molecular complexity index is 300. The Balaban J connectivity index is 2.49. The molecule has 0 saturated heterocycles. The Hall–Kier alpha value is -0.650. The van der Waals surface area contributed by atoms with Gasteiger partial charge in [-0.1, -0.05) is 11.6 Å². The van der Waals surface area contributed by atoms with Crippen LogP contribution in [0.3, 0.4) is 0 Å². The molecule has 0 bridgehead atoms. The van der Waals surface area contributed by atoms with Gasteiger partial charge in [0.1, 0.15) is 5.69 Å². The van der Waals surface area contributed by atoms with Crippen LogP contribution in [0.2, 0.25) is 4.47 Å². The minimum atomic E-state index is -0.557. The number of aliphatic hydroxyl groups excluding tert-OH is 1. The molecule has 1 aromatic rings. The van der Waals surface area contributed by atoms with Crippen LogP contribution >= 0.6 is 22.9 Å². The SMILES string of the molecule is CC(O)CNC(=O)c1csc(Cl)n1. The summed E-state index contributed by atoms with van der Waals surface area (Å²) in [6.07, 6.45) is -0.557. The number of thiazole rings is 1. The van der Waals surface area contributed by atoms with E-state index in [2.05, 4.69) is 10.3 Å². The van der Waals surface area contributed by atoms with Gasteiger partial charge in [0.25, 0.3) is 5.91 Å². The smallest absolute Gasteiger partial charge is 0.270 e. The number of amides is 1. The molecule has 0 aromatic carbocycles. The second kappa shape index (κ2) is 4.55. The molecule has 1 unspecified atom stereocenters. The predicted octanol–water partition coefficient (Wildman–Crippen LogP) is 0.907. The van der Waals surface area contributed by atoms with Gasteiger partial charge in [0.05, 0.1) is 6.10 Å². The maximum absolute atomic E-state index is 11.2. The van der Waals surface area contributed by atoms with Gasteiger partial charge in [-0.15, -0.1) is 11.3 Å². The minimum Gasteiger partial charge on any atom is -0.392 e. The van der Waals surface area contributed by atoms with Crippen molar-refractivity contribution in [2.24, 2.45) is 0 Å². The average molecular weight is 221 g/mol. The number of aromatic nitrogens is 1. The molecule has 1 amide bonds. The lowest BCUT2D eigenvalue weighted by Gasteiger charge is -2.04. The Morgan fingerprint density at radius 1 is 1.92 bits per heavy atom. The first-order chi connectivity index (χ1) is 6.09. The van der Waals surface area contributed by atoms with E-state index in [0.29, 0.717) is 4.47 Å². The molecular formula is C7H9ClN2O2S. The largest absolute Gasteiger partial charge is 0.392 e. The summed E-state index contributed by atoms with van der Waals surface area (Å²) in [5.41, 5.74) is 0.288. The molecule has 0 aliphatic heterocycles. The summed E-state index contributed by atoms with van der Waals surface area (Å²) >= 11 is 6.74. The van der Waals surface area contributed by atoms with Crippen LogP contribution in [-0.2, 0) is 0 Å². The normalized spacial score (nSPS) is 12.5. The molecule has 1 rings (SSSR count). The average Bonchev–Trinajstić information content (AvgIpc) is 2.47. The van der Waals surface area contributed by atoms with Gasteiger partial charge >= 0.3 is 0 Å². The van der Waals surface area contributed by atoms with Crippen LogP contribution in [0.1, 0.15) is 17.4 Å². The Kier molecular flexibility index (Phi) is 3.65. The molecule has 6 heteroatoms. The van der Waals surface area contributed by atoms with Crippen molar-refractivity contribution in [3.05, 3.63) is 15.5 Å². The molecule has 2 N–H and O–H groups in total. The van der Waals surface area contributed by atoms with E-state index in [-0.39, 0.29) is 18.1 Å². The van der Waals surface area contributed by atoms with Crippen LogP contribution in [0.25, 0.3) is 0 Å². The topological polar surface area (TPSA) is 62.2 Å². The Morgan fingerprint density at radius 3 is 3.08 bits per heavy atom. The third kappa shape index (κ3) is 3.30. The zero-order valence-electron chi connectivity index (χ0n) is 6.95. The van der Waals surface area contributed by atoms with Gasteiger partial charge in [-0.2, -0.15) is 0 Å². The molecule has 0 fully saturated rings. The summed E-state index contributed by atoms with van der Waals surface area (Å²) in [6, 6.07) is 0. The van der Waals surface area contributed by atoms with Crippen molar-refractivity contribution < 1.29 is 9.90 Å². The van der Waals surface area contributed by atoms with E-state index in [1.807, 2.05) is 0 Å². The number of hydrogen-bond donors (Lipinski definition) is 2. The number of carbonyl (C=O) groups is 1. The molecule has 0 saturated carbocycles. The van der Waals surface area contributed by atoms with Crippen molar-refractivity contribution in [2.75, 3.05) is 6.54 Å². The molecule has 13 heavy (non-hydrogen) atoms. The second-order valence-corrected chi connectivity index (χ2v) is 3.98. The fourth-order valence-electron chi connectivity index (χ4n) is 0.687. The van der Waals surface area contributed by atoms with Crippen molar-refractivity contribution in [2.45, 2.75) is 13.0 Å². The van der Waals surface area contributed by atoms with Crippen LogP contribution in [0.15, 0.2) is 5.38 Å². The van der Waals surface area contributed by atoms with Crippen molar-refractivity contribution in [3.63, 3.8) is 0 Å². The van der Waals surface area contributed by atoms with Gasteiger partial charge in [-0.3, -0.25) is 4.79 Å². The van der Waals surface area contributed by atoms with Gasteiger partial charge < -0.3 is 10.4 Å². The van der Waals surface area contributed by atoms with E-state index in [1.165, 1.54) is 11.3 Å². The number of carbonyl (C=O) groups excluding carboxylic acids is 1. The molecule has 72 valence electrons. The molecule has 0 aliphatic carbocycles. The van der Waals surface area contributed by atoms with E-state index < -0.39 is 6.10 Å². The summed E-state index contributed by atoms with van der Waals surface area (Å²) in [4.78, 5) is 15.0. The Morgan fingerprint density at radius 2 is 2.62 bits per heavy atom. The summed E-state index contributed by atoms with van der Waals surface area (Å²) in [5.74, 6) is -0.316. The first-order valence-electron chi connectivity index (χ1n) is 3.67. The van der Waals surface area contributed by atoms with E-state index in [1.54, 1.807) is 12.3 Å². The standard InChI is InChI=1S/C7H9ClN2O2S/c1-4(11)2-9-6(12)5-3-13-7(8)10-5/h3-4,11H,2H2,1H3,(H,9,12). The van der Waals surface area contributed by atoms with Gasteiger partial charge in [0.2, 0.25) is 0 Å². The van der Waals surface area contributed by atoms with Crippen molar-refractivity contribution in [1.29, 1.82) is 0 Å². The van der Waals surface area contributed by atoms with E-state index >= 15 is 0 Å². The number of halogens is 1. The highest BCUT2D eigenvalue weighted by Gasteiger charge is 2.09. The molecule has 0 radical (unpaired) electrons. The van der Waals surface area contributed by atoms with Crippen LogP contribution in [0, 0.1) is 0 Å². The quantitative estimate of drug-likeness (QED) is 0.796. The fourth-order valence-corrected chi connectivity index (χ4v) is 1.43. The predicted molar refractivity (Wildman–Crippen MR) is 51.1 cm³/mol. The summed E-state index contributed by atoms with van der Waals surface area (Å²) in [7, 11) is 0. The number of nitrogens with one attached hydrogen (secondary N) is 1. The highest BCUT2D eigenvalue weighted by molar-refractivity contribution is 7.14. The molecule has 1 aromatic heterocycles. The van der Waals surface area contributed by atoms with Crippen LogP contribution < -0.4 is 5.32 Å². The summed E-state index contributed by atoms with van der Waals surface area (Å²) in [5, 5.41) is 13.0. The maximum atomic E-state index is 11.2. The molecule has 1 atom stereocenters. The fraction of sp³-hybridized carbons (Fsp3) is 0.429. The second-order valence-electron chi connectivity index (χ2n) is 2.54. The number of aliphatic hydroxyl groups is 1. The van der Waals surface area contributed by atoms with Gasteiger partial charge in [-0.25, -0.2) is 4.98 Å². The van der Waals surface area contributed by atoms with E-state index in [9.17, 15) is 4.79 Å². The lowest BCUT2D eigenvalue weighted by Crippen LogP contribution is -2.30. The van der Waals surface area contributed by atoms with Crippen LogP contribution in [0.5, 0.6) is 0 Å². The first kappa shape index (κ1) is 10.4. The summed E-state index contributed by atoms with van der Waals surface area (Å²) < 4.78 is 0.335. The monoisotopic (exact) mass is 220 g/mol. The molecule has 0 aliphatic rings. The number of nitrogens with zero attached hydrogens (tertiary/aromatic N) is 1. The zero-order valence-corrected chi connectivity index (χ0v) is 8.52. The van der Waals surface area contributed by atoms with E-state index in [0.717, 1.165) is 0 Å². The third-order valence-electron chi connectivity index (χ3n) is 1.27. The van der Waals surface area contributed by atoms with Crippen molar-refractivity contribution in [1.82, 2.24) is 10.3 Å². The van der Waals surface area contributed by atoms with Crippen LogP contribution in [-0.4, -0.2) is 28.6 Å². The van der Waals surface area contributed by atoms with Gasteiger partial charge in [0, 0.05) is 11.9 Å². The van der Waals surface area contributed by atoms with Gasteiger partial charge in [-0.05, 0) is 6.92 Å². The van der Waals surface area contributed by atoms with Crippen molar-refractivity contribution >= 4 is 28.8 Å².